The number of carbonyl (C=O) groups is 1. The van der Waals surface area contributed by atoms with Gasteiger partial charge in [-0.2, -0.15) is 0 Å². The number of nitrogens with zero attached hydrogens (tertiary/aromatic N) is 1. The minimum Gasteiger partial charge on any atom is -0.444 e. The molecular formula is C20H39NO2. The highest BCUT2D eigenvalue weighted by molar-refractivity contribution is 5.69. The van der Waals surface area contributed by atoms with Crippen LogP contribution in [0.4, 0.5) is 4.79 Å². The van der Waals surface area contributed by atoms with Crippen molar-refractivity contribution in [3.63, 3.8) is 0 Å². The van der Waals surface area contributed by atoms with Gasteiger partial charge in [0.25, 0.3) is 0 Å². The highest BCUT2D eigenvalue weighted by Crippen LogP contribution is 2.39. The second kappa shape index (κ2) is 8.94. The smallest absolute Gasteiger partial charge is 0.410 e. The first-order valence-electron chi connectivity index (χ1n) is 9.75. The van der Waals surface area contributed by atoms with Gasteiger partial charge in [0.05, 0.1) is 0 Å². The van der Waals surface area contributed by atoms with Gasteiger partial charge in [-0.1, -0.05) is 46.0 Å². The van der Waals surface area contributed by atoms with Crippen LogP contribution >= 0.6 is 0 Å². The average Bonchev–Trinajstić information content (AvgIpc) is 2.45. The van der Waals surface area contributed by atoms with E-state index in [1.165, 1.54) is 38.5 Å². The number of rotatable bonds is 7. The molecule has 0 bridgehead atoms. The third kappa shape index (κ3) is 6.00. The summed E-state index contributed by atoms with van der Waals surface area (Å²) in [4.78, 5) is 14.8. The molecule has 1 rings (SSSR count). The molecule has 2 atom stereocenters. The van der Waals surface area contributed by atoms with Gasteiger partial charge in [0.15, 0.2) is 0 Å². The van der Waals surface area contributed by atoms with Crippen LogP contribution in [0.15, 0.2) is 0 Å². The Hall–Kier alpha value is -0.730. The second-order valence-corrected chi connectivity index (χ2v) is 8.40. The summed E-state index contributed by atoms with van der Waals surface area (Å²) >= 11 is 0. The Labute approximate surface area is 144 Å². The average molecular weight is 326 g/mol. The highest BCUT2D eigenvalue weighted by Gasteiger charge is 2.44. The van der Waals surface area contributed by atoms with E-state index in [4.69, 9.17) is 4.74 Å². The topological polar surface area (TPSA) is 29.5 Å². The van der Waals surface area contributed by atoms with Crippen molar-refractivity contribution in [1.29, 1.82) is 0 Å². The summed E-state index contributed by atoms with van der Waals surface area (Å²) in [5.74, 6) is 0.576. The Morgan fingerprint density at radius 1 is 1.17 bits per heavy atom. The fourth-order valence-electron chi connectivity index (χ4n) is 3.96. The molecule has 0 aromatic rings. The van der Waals surface area contributed by atoms with E-state index in [1.807, 2.05) is 20.8 Å². The molecule has 0 aromatic heterocycles. The molecule has 0 aliphatic carbocycles. The molecular weight excluding hydrogens is 286 g/mol. The molecule has 3 nitrogen and oxygen atoms in total. The summed E-state index contributed by atoms with van der Waals surface area (Å²) in [5, 5.41) is 0. The zero-order valence-corrected chi connectivity index (χ0v) is 16.4. The van der Waals surface area contributed by atoms with Gasteiger partial charge in [0.2, 0.25) is 0 Å². The summed E-state index contributed by atoms with van der Waals surface area (Å²) in [6.07, 6.45) is 10.9. The predicted octanol–water partition coefficient (Wildman–Crippen LogP) is 6.16. The number of ether oxygens (including phenoxy) is 1. The van der Waals surface area contributed by atoms with Crippen molar-refractivity contribution >= 4 is 6.09 Å². The zero-order valence-electron chi connectivity index (χ0n) is 16.4. The van der Waals surface area contributed by atoms with Gasteiger partial charge in [0.1, 0.15) is 5.60 Å². The maximum atomic E-state index is 12.7. The molecule has 0 N–H and O–H groups in total. The Kier molecular flexibility index (Phi) is 7.89. The lowest BCUT2D eigenvalue weighted by atomic mass is 9.74. The van der Waals surface area contributed by atoms with Crippen LogP contribution < -0.4 is 0 Å². The lowest BCUT2D eigenvalue weighted by Crippen LogP contribution is -2.57. The van der Waals surface area contributed by atoms with Gasteiger partial charge in [-0.3, -0.25) is 0 Å². The van der Waals surface area contributed by atoms with Crippen molar-refractivity contribution in [2.45, 2.75) is 110 Å². The lowest BCUT2D eigenvalue weighted by molar-refractivity contribution is -0.0315. The van der Waals surface area contributed by atoms with Gasteiger partial charge in [-0.05, 0) is 59.3 Å². The molecule has 1 heterocycles. The van der Waals surface area contributed by atoms with Crippen LogP contribution in [0, 0.1) is 5.92 Å². The first-order chi connectivity index (χ1) is 10.7. The Balaban J connectivity index is 2.80. The van der Waals surface area contributed by atoms with E-state index >= 15 is 0 Å². The number of hydrogen-bond donors (Lipinski definition) is 0. The quantitative estimate of drug-likeness (QED) is 0.524. The van der Waals surface area contributed by atoms with Gasteiger partial charge < -0.3 is 9.64 Å². The molecule has 1 aliphatic heterocycles. The molecule has 1 amide bonds. The molecule has 3 heteroatoms. The normalized spacial score (nSPS) is 23.7. The number of carbonyl (C=O) groups excluding carboxylic acids is 1. The van der Waals surface area contributed by atoms with E-state index in [2.05, 4.69) is 25.7 Å². The number of piperidine rings is 1. The van der Waals surface area contributed by atoms with Crippen LogP contribution in [0.1, 0.15) is 99.3 Å². The minimum atomic E-state index is -0.418. The lowest BCUT2D eigenvalue weighted by Gasteiger charge is -2.49. The van der Waals surface area contributed by atoms with E-state index in [9.17, 15) is 4.79 Å². The second-order valence-electron chi connectivity index (χ2n) is 8.40. The zero-order chi connectivity index (χ0) is 17.5. The summed E-state index contributed by atoms with van der Waals surface area (Å²) in [6.45, 7) is 13.5. The van der Waals surface area contributed by atoms with E-state index in [0.717, 1.165) is 25.8 Å². The number of likely N-dealkylation sites (tertiary alicyclic amines) is 1. The van der Waals surface area contributed by atoms with Gasteiger partial charge in [0, 0.05) is 12.1 Å². The first kappa shape index (κ1) is 20.3. The standard InChI is InChI=1S/C20H39NO2/c1-7-9-10-11-14-17(8-2)20(6)15-12-13-16-21(20)18(22)23-19(3,4)5/h17H,7-16H2,1-6H3. The van der Waals surface area contributed by atoms with Crippen LogP contribution in [0.2, 0.25) is 0 Å². The van der Waals surface area contributed by atoms with Crippen molar-refractivity contribution in [2.24, 2.45) is 5.92 Å². The van der Waals surface area contributed by atoms with Crippen LogP contribution in [-0.4, -0.2) is 28.7 Å². The van der Waals surface area contributed by atoms with Crippen LogP contribution in [0.25, 0.3) is 0 Å². The Bertz CT molecular complexity index is 361. The summed E-state index contributed by atoms with van der Waals surface area (Å²) in [6, 6.07) is 0. The minimum absolute atomic E-state index is 0.0401. The maximum absolute atomic E-state index is 12.7. The van der Waals surface area contributed by atoms with E-state index in [0.29, 0.717) is 5.92 Å². The third-order valence-corrected chi connectivity index (χ3v) is 5.32. The van der Waals surface area contributed by atoms with Crippen LogP contribution in [0.5, 0.6) is 0 Å². The van der Waals surface area contributed by atoms with Crippen molar-refractivity contribution in [1.82, 2.24) is 4.90 Å². The number of unbranched alkanes of at least 4 members (excludes halogenated alkanes) is 3. The van der Waals surface area contributed by atoms with Crippen LogP contribution in [0.3, 0.4) is 0 Å². The molecule has 23 heavy (non-hydrogen) atoms. The van der Waals surface area contributed by atoms with Gasteiger partial charge in [-0.15, -0.1) is 0 Å². The van der Waals surface area contributed by atoms with Crippen molar-refractivity contribution in [3.8, 4) is 0 Å². The maximum Gasteiger partial charge on any atom is 0.410 e. The molecule has 136 valence electrons. The fourth-order valence-corrected chi connectivity index (χ4v) is 3.96. The number of hydrogen-bond acceptors (Lipinski definition) is 2. The van der Waals surface area contributed by atoms with E-state index < -0.39 is 5.60 Å². The van der Waals surface area contributed by atoms with Crippen LogP contribution in [-0.2, 0) is 4.74 Å². The molecule has 0 radical (unpaired) electrons. The van der Waals surface area contributed by atoms with E-state index in [1.54, 1.807) is 0 Å². The Morgan fingerprint density at radius 2 is 1.87 bits per heavy atom. The molecule has 0 aromatic carbocycles. The molecule has 2 unspecified atom stereocenters. The summed E-state index contributed by atoms with van der Waals surface area (Å²) < 4.78 is 5.70. The van der Waals surface area contributed by atoms with Crippen molar-refractivity contribution < 1.29 is 9.53 Å². The molecule has 1 saturated heterocycles. The van der Waals surface area contributed by atoms with E-state index in [-0.39, 0.29) is 11.6 Å². The number of amides is 1. The highest BCUT2D eigenvalue weighted by atomic mass is 16.6. The van der Waals surface area contributed by atoms with Crippen molar-refractivity contribution in [2.75, 3.05) is 6.54 Å². The fraction of sp³-hybridized carbons (Fsp3) is 0.950. The summed E-state index contributed by atoms with van der Waals surface area (Å²) in [5.41, 5.74) is -0.459. The third-order valence-electron chi connectivity index (χ3n) is 5.32. The molecule has 0 saturated carbocycles. The van der Waals surface area contributed by atoms with Gasteiger partial charge in [-0.25, -0.2) is 4.79 Å². The summed E-state index contributed by atoms with van der Waals surface area (Å²) in [7, 11) is 0. The monoisotopic (exact) mass is 325 g/mol. The first-order valence-corrected chi connectivity index (χ1v) is 9.75. The predicted molar refractivity (Wildman–Crippen MR) is 97.7 cm³/mol. The van der Waals surface area contributed by atoms with Crippen molar-refractivity contribution in [3.05, 3.63) is 0 Å². The molecule has 1 fully saturated rings. The SMILES string of the molecule is CCCCCCC(CC)C1(C)CCCCN1C(=O)OC(C)(C)C. The largest absolute Gasteiger partial charge is 0.444 e. The molecule has 1 aliphatic rings. The molecule has 0 spiro atoms. The van der Waals surface area contributed by atoms with Gasteiger partial charge >= 0.3 is 6.09 Å². The Morgan fingerprint density at radius 3 is 2.43 bits per heavy atom.